The number of rotatable bonds is 4. The van der Waals surface area contributed by atoms with Crippen molar-refractivity contribution in [2.24, 2.45) is 5.92 Å². The van der Waals surface area contributed by atoms with Crippen molar-refractivity contribution in [3.05, 3.63) is 36.4 Å². The second-order valence-electron chi connectivity index (χ2n) is 6.11. The minimum absolute atomic E-state index is 0.00417. The second kappa shape index (κ2) is 6.84. The van der Waals surface area contributed by atoms with Crippen LogP contribution >= 0.6 is 0 Å². The van der Waals surface area contributed by atoms with Gasteiger partial charge in [-0.1, -0.05) is 12.2 Å². The van der Waals surface area contributed by atoms with Crippen molar-refractivity contribution in [3.63, 3.8) is 0 Å². The number of anilines is 1. The zero-order chi connectivity index (χ0) is 16.3. The Morgan fingerprint density at radius 2 is 1.78 bits per heavy atom. The van der Waals surface area contributed by atoms with Gasteiger partial charge < -0.3 is 5.32 Å². The van der Waals surface area contributed by atoms with Crippen LogP contribution < -0.4 is 5.32 Å². The summed E-state index contributed by atoms with van der Waals surface area (Å²) in [4.78, 5) is 12.5. The molecule has 1 aromatic rings. The van der Waals surface area contributed by atoms with Crippen molar-refractivity contribution >= 4 is 21.6 Å². The first-order chi connectivity index (χ1) is 11.1. The van der Waals surface area contributed by atoms with E-state index in [0.29, 0.717) is 18.8 Å². The Hall–Kier alpha value is -1.66. The summed E-state index contributed by atoms with van der Waals surface area (Å²) in [5, 5.41) is 2.88. The van der Waals surface area contributed by atoms with E-state index in [2.05, 4.69) is 11.4 Å². The molecule has 1 fully saturated rings. The molecule has 23 heavy (non-hydrogen) atoms. The lowest BCUT2D eigenvalue weighted by Gasteiger charge is -2.18. The van der Waals surface area contributed by atoms with Gasteiger partial charge in [-0.2, -0.15) is 4.31 Å². The average Bonchev–Trinajstić information content (AvgIpc) is 3.11. The molecule has 6 heteroatoms. The number of nitrogens with one attached hydrogen (secondary N) is 1. The molecule has 1 amide bonds. The fraction of sp³-hybridized carbons (Fsp3) is 0.471. The first-order valence-corrected chi connectivity index (χ1v) is 9.57. The Kier molecular flexibility index (Phi) is 4.82. The summed E-state index contributed by atoms with van der Waals surface area (Å²) in [5.74, 6) is 0.0116. The van der Waals surface area contributed by atoms with Gasteiger partial charge in [-0.25, -0.2) is 8.42 Å². The molecular weight excluding hydrogens is 312 g/mol. The molecule has 1 saturated heterocycles. The predicted molar refractivity (Wildman–Crippen MR) is 89.5 cm³/mol. The Morgan fingerprint density at radius 3 is 2.39 bits per heavy atom. The van der Waals surface area contributed by atoms with Gasteiger partial charge in [-0.05, 0) is 56.4 Å². The molecule has 1 aromatic carbocycles. The van der Waals surface area contributed by atoms with Gasteiger partial charge in [0, 0.05) is 24.7 Å². The van der Waals surface area contributed by atoms with Gasteiger partial charge >= 0.3 is 0 Å². The van der Waals surface area contributed by atoms with Crippen LogP contribution in [0.4, 0.5) is 5.69 Å². The third kappa shape index (κ3) is 3.64. The number of nitrogens with zero attached hydrogens (tertiary/aromatic N) is 1. The largest absolute Gasteiger partial charge is 0.326 e. The van der Waals surface area contributed by atoms with Crippen LogP contribution in [0, 0.1) is 5.92 Å². The quantitative estimate of drug-likeness (QED) is 0.861. The van der Waals surface area contributed by atoms with E-state index in [1.54, 1.807) is 24.3 Å². The Labute approximate surface area is 137 Å². The first kappa shape index (κ1) is 16.2. The molecule has 1 aliphatic heterocycles. The van der Waals surface area contributed by atoms with Crippen molar-refractivity contribution in [1.29, 1.82) is 0 Å². The van der Waals surface area contributed by atoms with Crippen LogP contribution in [0.3, 0.4) is 0 Å². The van der Waals surface area contributed by atoms with Crippen LogP contribution in [0.2, 0.25) is 0 Å². The molecule has 1 aliphatic carbocycles. The normalized spacial score (nSPS) is 22.2. The molecule has 5 nitrogen and oxygen atoms in total. The van der Waals surface area contributed by atoms with E-state index in [1.165, 1.54) is 4.31 Å². The van der Waals surface area contributed by atoms with E-state index in [4.69, 9.17) is 0 Å². The monoisotopic (exact) mass is 334 g/mol. The van der Waals surface area contributed by atoms with Gasteiger partial charge in [0.1, 0.15) is 0 Å². The summed E-state index contributed by atoms with van der Waals surface area (Å²) < 4.78 is 26.4. The van der Waals surface area contributed by atoms with Gasteiger partial charge in [-0.3, -0.25) is 4.79 Å². The molecule has 3 rings (SSSR count). The zero-order valence-corrected chi connectivity index (χ0v) is 13.9. The van der Waals surface area contributed by atoms with Crippen molar-refractivity contribution in [2.45, 2.75) is 37.0 Å². The molecule has 1 heterocycles. The molecule has 1 unspecified atom stereocenters. The van der Waals surface area contributed by atoms with Crippen LogP contribution in [0.5, 0.6) is 0 Å². The summed E-state index contributed by atoms with van der Waals surface area (Å²) in [6.07, 6.45) is 8.55. The van der Waals surface area contributed by atoms with E-state index in [0.717, 1.165) is 32.1 Å². The SMILES string of the molecule is O=C(Nc1ccc(S(=O)(=O)N2CCCC2)cc1)C1CC=CCC1. The summed E-state index contributed by atoms with van der Waals surface area (Å²) in [6, 6.07) is 6.48. The summed E-state index contributed by atoms with van der Waals surface area (Å²) in [7, 11) is -3.39. The molecular formula is C17H22N2O3S. The Balaban J connectivity index is 1.67. The summed E-state index contributed by atoms with van der Waals surface area (Å²) >= 11 is 0. The van der Waals surface area contributed by atoms with Gasteiger partial charge in [-0.15, -0.1) is 0 Å². The lowest BCUT2D eigenvalue weighted by molar-refractivity contribution is -0.120. The number of carbonyl (C=O) groups is 1. The maximum atomic E-state index is 12.4. The molecule has 1 atom stereocenters. The highest BCUT2D eigenvalue weighted by atomic mass is 32.2. The van der Waals surface area contributed by atoms with E-state index in [9.17, 15) is 13.2 Å². The van der Waals surface area contributed by atoms with Crippen LogP contribution in [0.25, 0.3) is 0 Å². The molecule has 124 valence electrons. The third-order valence-electron chi connectivity index (χ3n) is 4.46. The van der Waals surface area contributed by atoms with Crippen molar-refractivity contribution < 1.29 is 13.2 Å². The highest BCUT2D eigenvalue weighted by molar-refractivity contribution is 7.89. The highest BCUT2D eigenvalue weighted by Crippen LogP contribution is 2.23. The molecule has 0 saturated carbocycles. The molecule has 1 N–H and O–H groups in total. The minimum Gasteiger partial charge on any atom is -0.326 e. The van der Waals surface area contributed by atoms with Crippen LogP contribution in [0.1, 0.15) is 32.1 Å². The Bertz CT molecular complexity index is 689. The van der Waals surface area contributed by atoms with E-state index >= 15 is 0 Å². The van der Waals surface area contributed by atoms with E-state index in [1.807, 2.05) is 6.08 Å². The van der Waals surface area contributed by atoms with Crippen LogP contribution in [0.15, 0.2) is 41.3 Å². The molecule has 0 radical (unpaired) electrons. The number of benzene rings is 1. The predicted octanol–water partition coefficient (Wildman–Crippen LogP) is 2.77. The molecule has 0 spiro atoms. The average molecular weight is 334 g/mol. The number of carbonyl (C=O) groups excluding carboxylic acids is 1. The molecule has 0 bridgehead atoms. The number of hydrogen-bond donors (Lipinski definition) is 1. The summed E-state index contributed by atoms with van der Waals surface area (Å²) in [5.41, 5.74) is 0.643. The molecule has 0 aromatic heterocycles. The van der Waals surface area contributed by atoms with Crippen molar-refractivity contribution in [3.8, 4) is 0 Å². The highest BCUT2D eigenvalue weighted by Gasteiger charge is 2.27. The number of allylic oxidation sites excluding steroid dienone is 2. The van der Waals surface area contributed by atoms with Gasteiger partial charge in [0.15, 0.2) is 0 Å². The minimum atomic E-state index is -3.39. The fourth-order valence-electron chi connectivity index (χ4n) is 3.06. The van der Waals surface area contributed by atoms with E-state index < -0.39 is 10.0 Å². The van der Waals surface area contributed by atoms with Crippen LogP contribution in [-0.2, 0) is 14.8 Å². The van der Waals surface area contributed by atoms with Gasteiger partial charge in [0.05, 0.1) is 4.90 Å². The van der Waals surface area contributed by atoms with Crippen LogP contribution in [-0.4, -0.2) is 31.7 Å². The van der Waals surface area contributed by atoms with Gasteiger partial charge in [0.25, 0.3) is 0 Å². The molecule has 2 aliphatic rings. The topological polar surface area (TPSA) is 66.5 Å². The fourth-order valence-corrected chi connectivity index (χ4v) is 4.58. The number of hydrogen-bond acceptors (Lipinski definition) is 3. The first-order valence-electron chi connectivity index (χ1n) is 8.13. The maximum absolute atomic E-state index is 12.4. The van der Waals surface area contributed by atoms with Gasteiger partial charge in [0.2, 0.25) is 15.9 Å². The van der Waals surface area contributed by atoms with E-state index in [-0.39, 0.29) is 16.7 Å². The Morgan fingerprint density at radius 1 is 1.09 bits per heavy atom. The zero-order valence-electron chi connectivity index (χ0n) is 13.1. The lowest BCUT2D eigenvalue weighted by Crippen LogP contribution is -2.28. The number of sulfonamides is 1. The standard InChI is InChI=1S/C17H22N2O3S/c20-17(14-6-2-1-3-7-14)18-15-8-10-16(11-9-15)23(21,22)19-12-4-5-13-19/h1-2,8-11,14H,3-7,12-13H2,(H,18,20). The van der Waals surface area contributed by atoms with Crippen molar-refractivity contribution in [2.75, 3.05) is 18.4 Å². The number of amides is 1. The smallest absolute Gasteiger partial charge is 0.243 e. The van der Waals surface area contributed by atoms with Crippen molar-refractivity contribution in [1.82, 2.24) is 4.31 Å². The maximum Gasteiger partial charge on any atom is 0.243 e. The second-order valence-corrected chi connectivity index (χ2v) is 8.04. The summed E-state index contributed by atoms with van der Waals surface area (Å²) in [6.45, 7) is 1.19. The third-order valence-corrected chi connectivity index (χ3v) is 6.38. The lowest BCUT2D eigenvalue weighted by atomic mass is 9.93.